The predicted octanol–water partition coefficient (Wildman–Crippen LogP) is 4.27. The van der Waals surface area contributed by atoms with E-state index in [4.69, 9.17) is 9.97 Å². The summed E-state index contributed by atoms with van der Waals surface area (Å²) < 4.78 is 0. The third-order valence-corrected chi connectivity index (χ3v) is 6.42. The molecule has 0 aliphatic carbocycles. The Kier molecular flexibility index (Phi) is 5.81. The summed E-state index contributed by atoms with van der Waals surface area (Å²) in [6.45, 7) is 7.84. The van der Waals surface area contributed by atoms with Crippen molar-refractivity contribution in [2.75, 3.05) is 18.0 Å². The summed E-state index contributed by atoms with van der Waals surface area (Å²) in [6.07, 6.45) is 2.56. The molecule has 1 aromatic carbocycles. The first-order valence-corrected chi connectivity index (χ1v) is 11.3. The highest BCUT2D eigenvalue weighted by Crippen LogP contribution is 2.25. The summed E-state index contributed by atoms with van der Waals surface area (Å²) in [7, 11) is 0. The highest BCUT2D eigenvalue weighted by atomic mass is 32.1. The molecule has 5 nitrogen and oxygen atoms in total. The number of piperidine rings is 1. The molecule has 152 valence electrons. The molecular formula is C23H28N4OS. The van der Waals surface area contributed by atoms with Crippen LogP contribution in [0.2, 0.25) is 0 Å². The summed E-state index contributed by atoms with van der Waals surface area (Å²) in [5.74, 6) is 1.03. The lowest BCUT2D eigenvalue weighted by Crippen LogP contribution is -2.44. The molecule has 1 N–H and O–H groups in total. The fraction of sp³-hybridized carbons (Fsp3) is 0.435. The second-order valence-electron chi connectivity index (χ2n) is 8.14. The Morgan fingerprint density at radius 3 is 2.76 bits per heavy atom. The molecule has 2 aromatic heterocycles. The molecule has 4 rings (SSSR count). The maximum atomic E-state index is 12.7. The largest absolute Gasteiger partial charge is 0.353 e. The van der Waals surface area contributed by atoms with Crippen molar-refractivity contribution in [3.63, 3.8) is 0 Å². The van der Waals surface area contributed by atoms with Crippen LogP contribution < -0.4 is 10.2 Å². The lowest BCUT2D eigenvalue weighted by atomic mass is 9.95. The lowest BCUT2D eigenvalue weighted by Gasteiger charge is -2.32. The van der Waals surface area contributed by atoms with E-state index in [1.165, 1.54) is 11.1 Å². The number of aromatic nitrogens is 2. The van der Waals surface area contributed by atoms with Gasteiger partial charge in [0.2, 0.25) is 11.9 Å². The number of anilines is 1. The van der Waals surface area contributed by atoms with Crippen molar-refractivity contribution in [3.8, 4) is 0 Å². The minimum absolute atomic E-state index is 0.0698. The number of nitrogens with one attached hydrogen (secondary N) is 1. The number of carbonyl (C=O) groups excluding carboxylic acids is 1. The van der Waals surface area contributed by atoms with Gasteiger partial charge >= 0.3 is 0 Å². The molecule has 1 aliphatic rings. The van der Waals surface area contributed by atoms with E-state index in [1.807, 2.05) is 6.92 Å². The van der Waals surface area contributed by atoms with Crippen LogP contribution in [0.4, 0.5) is 5.95 Å². The van der Waals surface area contributed by atoms with Crippen LogP contribution in [0, 0.1) is 19.8 Å². The van der Waals surface area contributed by atoms with Crippen LogP contribution in [0.3, 0.4) is 0 Å². The SMILES string of the molecule is Cc1ccc2nc(N3CCC(C(=O)NC(C)Cc4ccsc4)CC3)nc(C)c2c1. The van der Waals surface area contributed by atoms with E-state index in [1.54, 1.807) is 11.3 Å². The van der Waals surface area contributed by atoms with Crippen LogP contribution in [0.15, 0.2) is 35.0 Å². The molecule has 1 amide bonds. The van der Waals surface area contributed by atoms with Gasteiger partial charge < -0.3 is 10.2 Å². The highest BCUT2D eigenvalue weighted by Gasteiger charge is 2.27. The second-order valence-corrected chi connectivity index (χ2v) is 8.92. The van der Waals surface area contributed by atoms with Gasteiger partial charge in [0.1, 0.15) is 0 Å². The number of nitrogens with zero attached hydrogens (tertiary/aromatic N) is 3. The molecule has 0 saturated carbocycles. The fourth-order valence-corrected chi connectivity index (χ4v) is 4.72. The van der Waals surface area contributed by atoms with Gasteiger partial charge in [0, 0.05) is 30.4 Å². The third kappa shape index (κ3) is 4.58. The molecule has 1 unspecified atom stereocenters. The average molecular weight is 409 g/mol. The molecule has 6 heteroatoms. The van der Waals surface area contributed by atoms with E-state index >= 15 is 0 Å². The first-order valence-electron chi connectivity index (χ1n) is 10.3. The lowest BCUT2D eigenvalue weighted by molar-refractivity contribution is -0.126. The number of thiophene rings is 1. The van der Waals surface area contributed by atoms with Crippen molar-refractivity contribution in [1.29, 1.82) is 0 Å². The summed E-state index contributed by atoms with van der Waals surface area (Å²) in [6, 6.07) is 8.58. The van der Waals surface area contributed by atoms with Crippen LogP contribution in [-0.2, 0) is 11.2 Å². The number of hydrogen-bond acceptors (Lipinski definition) is 5. The van der Waals surface area contributed by atoms with E-state index in [0.717, 1.165) is 54.9 Å². The molecule has 0 bridgehead atoms. The Hall–Kier alpha value is -2.47. The van der Waals surface area contributed by atoms with E-state index in [-0.39, 0.29) is 17.9 Å². The zero-order chi connectivity index (χ0) is 20.4. The van der Waals surface area contributed by atoms with Crippen molar-refractivity contribution in [2.45, 2.75) is 46.1 Å². The second kappa shape index (κ2) is 8.49. The zero-order valence-corrected chi connectivity index (χ0v) is 18.1. The predicted molar refractivity (Wildman–Crippen MR) is 120 cm³/mol. The minimum atomic E-state index is 0.0698. The van der Waals surface area contributed by atoms with Crippen LogP contribution in [0.1, 0.15) is 36.6 Å². The van der Waals surface area contributed by atoms with Crippen LogP contribution in [-0.4, -0.2) is 35.0 Å². The Morgan fingerprint density at radius 2 is 2.03 bits per heavy atom. The molecule has 1 saturated heterocycles. The van der Waals surface area contributed by atoms with Gasteiger partial charge in [-0.1, -0.05) is 11.6 Å². The molecule has 1 aliphatic heterocycles. The standard InChI is InChI=1S/C23H28N4OS/c1-15-4-5-21-20(12-15)17(3)25-23(26-21)27-9-6-19(7-10-27)22(28)24-16(2)13-18-8-11-29-14-18/h4-5,8,11-12,14,16,19H,6-7,9-10,13H2,1-3H3,(H,24,28). The molecule has 0 radical (unpaired) electrons. The van der Waals surface area contributed by atoms with Crippen LogP contribution >= 0.6 is 11.3 Å². The highest BCUT2D eigenvalue weighted by molar-refractivity contribution is 7.07. The minimum Gasteiger partial charge on any atom is -0.353 e. The topological polar surface area (TPSA) is 58.1 Å². The Bertz CT molecular complexity index is 994. The van der Waals surface area contributed by atoms with Gasteiger partial charge in [-0.2, -0.15) is 11.3 Å². The Morgan fingerprint density at radius 1 is 1.24 bits per heavy atom. The van der Waals surface area contributed by atoms with Crippen molar-refractivity contribution >= 4 is 34.1 Å². The molecular weight excluding hydrogens is 380 g/mol. The molecule has 1 fully saturated rings. The number of aryl methyl sites for hydroxylation is 2. The fourth-order valence-electron chi connectivity index (χ4n) is 4.04. The number of amides is 1. The maximum Gasteiger partial charge on any atom is 0.226 e. The van der Waals surface area contributed by atoms with E-state index in [0.29, 0.717) is 0 Å². The molecule has 1 atom stereocenters. The summed E-state index contributed by atoms with van der Waals surface area (Å²) in [5, 5.41) is 8.54. The summed E-state index contributed by atoms with van der Waals surface area (Å²) in [5.41, 5.74) is 4.50. The van der Waals surface area contributed by atoms with Crippen molar-refractivity contribution in [3.05, 3.63) is 51.8 Å². The monoisotopic (exact) mass is 408 g/mol. The summed E-state index contributed by atoms with van der Waals surface area (Å²) >= 11 is 1.70. The van der Waals surface area contributed by atoms with Gasteiger partial charge in [-0.05, 0) is 74.6 Å². The van der Waals surface area contributed by atoms with E-state index in [9.17, 15) is 4.79 Å². The van der Waals surface area contributed by atoms with Crippen molar-refractivity contribution < 1.29 is 4.79 Å². The maximum absolute atomic E-state index is 12.7. The zero-order valence-electron chi connectivity index (χ0n) is 17.3. The normalized spacial score (nSPS) is 16.2. The average Bonchev–Trinajstić information content (AvgIpc) is 3.21. The molecule has 29 heavy (non-hydrogen) atoms. The number of benzene rings is 1. The Labute approximate surface area is 176 Å². The van der Waals surface area contributed by atoms with Crippen molar-refractivity contribution in [2.24, 2.45) is 5.92 Å². The van der Waals surface area contributed by atoms with Gasteiger partial charge in [0.25, 0.3) is 0 Å². The van der Waals surface area contributed by atoms with E-state index in [2.05, 4.69) is 59.1 Å². The van der Waals surface area contributed by atoms with Gasteiger partial charge in [0.15, 0.2) is 0 Å². The van der Waals surface area contributed by atoms with Crippen LogP contribution in [0.5, 0.6) is 0 Å². The van der Waals surface area contributed by atoms with Crippen LogP contribution in [0.25, 0.3) is 10.9 Å². The molecule has 3 aromatic rings. The number of carbonyl (C=O) groups is 1. The van der Waals surface area contributed by atoms with Gasteiger partial charge in [-0.25, -0.2) is 9.97 Å². The smallest absolute Gasteiger partial charge is 0.226 e. The first-order chi connectivity index (χ1) is 14.0. The molecule has 3 heterocycles. The first kappa shape index (κ1) is 19.8. The number of fused-ring (bicyclic) bond motifs is 1. The van der Waals surface area contributed by atoms with E-state index < -0.39 is 0 Å². The number of hydrogen-bond donors (Lipinski definition) is 1. The van der Waals surface area contributed by atoms with Gasteiger partial charge in [-0.15, -0.1) is 0 Å². The Balaban J connectivity index is 1.36. The van der Waals surface area contributed by atoms with Crippen molar-refractivity contribution in [1.82, 2.24) is 15.3 Å². The quantitative estimate of drug-likeness (QED) is 0.685. The van der Waals surface area contributed by atoms with Gasteiger partial charge in [0.05, 0.1) is 11.2 Å². The summed E-state index contributed by atoms with van der Waals surface area (Å²) in [4.78, 5) is 24.4. The van der Waals surface area contributed by atoms with Gasteiger partial charge in [-0.3, -0.25) is 4.79 Å². The third-order valence-electron chi connectivity index (χ3n) is 5.69. The molecule has 0 spiro atoms. The number of rotatable bonds is 5.